The largest absolute Gasteiger partial charge is 0.465 e. The van der Waals surface area contributed by atoms with Gasteiger partial charge >= 0.3 is 12.1 Å². The fourth-order valence-electron chi connectivity index (χ4n) is 5.57. The molecular formula is C24H37N7O3. The van der Waals surface area contributed by atoms with E-state index in [-0.39, 0.29) is 6.42 Å². The van der Waals surface area contributed by atoms with Gasteiger partial charge < -0.3 is 25.0 Å². The van der Waals surface area contributed by atoms with E-state index in [2.05, 4.69) is 28.2 Å². The Morgan fingerprint density at radius 1 is 1.32 bits per heavy atom. The van der Waals surface area contributed by atoms with Crippen molar-refractivity contribution in [2.75, 3.05) is 51.3 Å². The second-order valence-corrected chi connectivity index (χ2v) is 10.7. The molecule has 4 heterocycles. The first-order valence-corrected chi connectivity index (χ1v) is 12.2. The van der Waals surface area contributed by atoms with Gasteiger partial charge in [0.2, 0.25) is 0 Å². The number of piperazine rings is 1. The molecule has 0 aliphatic carbocycles. The van der Waals surface area contributed by atoms with Crippen molar-refractivity contribution in [2.45, 2.75) is 64.6 Å². The molecule has 0 bridgehead atoms. The molecule has 186 valence electrons. The predicted molar refractivity (Wildman–Crippen MR) is 128 cm³/mol. The molecular weight excluding hydrogens is 434 g/mol. The number of likely N-dealkylation sites (N-methyl/N-ethyl adjacent to an activating group) is 1. The van der Waals surface area contributed by atoms with E-state index in [0.717, 1.165) is 43.0 Å². The topological polar surface area (TPSA) is 118 Å². The van der Waals surface area contributed by atoms with Gasteiger partial charge in [-0.1, -0.05) is 20.8 Å². The number of nitrogens with one attached hydrogen (secondary N) is 1. The minimum atomic E-state index is -0.983. The average Bonchev–Trinajstić information content (AvgIpc) is 3.21. The molecule has 4 rings (SSSR count). The third-order valence-electron chi connectivity index (χ3n) is 7.83. The number of hydrogen-bond acceptors (Lipinski definition) is 8. The van der Waals surface area contributed by atoms with Crippen LogP contribution in [0.3, 0.4) is 0 Å². The molecule has 1 amide bonds. The number of nitriles is 1. The zero-order valence-corrected chi connectivity index (χ0v) is 20.8. The summed E-state index contributed by atoms with van der Waals surface area (Å²) >= 11 is 0. The molecule has 3 aliphatic heterocycles. The van der Waals surface area contributed by atoms with E-state index < -0.39 is 17.0 Å². The third-order valence-corrected chi connectivity index (χ3v) is 7.83. The van der Waals surface area contributed by atoms with Gasteiger partial charge in [0, 0.05) is 37.8 Å². The minimum Gasteiger partial charge on any atom is -0.465 e. The van der Waals surface area contributed by atoms with E-state index >= 15 is 0 Å². The number of aromatic nitrogens is 2. The number of likely N-dealkylation sites (tertiary alicyclic amines) is 1. The zero-order valence-electron chi connectivity index (χ0n) is 20.8. The molecule has 0 unspecified atom stereocenters. The van der Waals surface area contributed by atoms with Crippen LogP contribution in [0.4, 0.5) is 10.6 Å². The van der Waals surface area contributed by atoms with Gasteiger partial charge in [-0.3, -0.25) is 4.90 Å². The maximum Gasteiger partial charge on any atom is 0.407 e. The Morgan fingerprint density at radius 3 is 2.76 bits per heavy atom. The second kappa shape index (κ2) is 9.55. The van der Waals surface area contributed by atoms with Crippen LogP contribution in [0.25, 0.3) is 0 Å². The van der Waals surface area contributed by atoms with Crippen molar-refractivity contribution >= 4 is 11.9 Å². The summed E-state index contributed by atoms with van der Waals surface area (Å²) in [4.78, 5) is 27.7. The highest BCUT2D eigenvalue weighted by atomic mass is 16.5. The molecule has 2 N–H and O–H groups in total. The first kappa shape index (κ1) is 24.5. The van der Waals surface area contributed by atoms with Crippen LogP contribution in [0, 0.1) is 16.7 Å². The first-order valence-electron chi connectivity index (χ1n) is 12.2. The summed E-state index contributed by atoms with van der Waals surface area (Å²) in [5.74, 6) is 0.817. The number of anilines is 1. The lowest BCUT2D eigenvalue weighted by Crippen LogP contribution is -2.69. The molecule has 1 aromatic heterocycles. The van der Waals surface area contributed by atoms with Crippen LogP contribution in [0.15, 0.2) is 0 Å². The molecule has 2 atom stereocenters. The van der Waals surface area contributed by atoms with E-state index in [1.165, 1.54) is 11.3 Å². The quantitative estimate of drug-likeness (QED) is 0.665. The molecule has 0 radical (unpaired) electrons. The summed E-state index contributed by atoms with van der Waals surface area (Å²) in [5, 5.41) is 23.1. The van der Waals surface area contributed by atoms with Crippen molar-refractivity contribution in [1.29, 1.82) is 5.26 Å². The van der Waals surface area contributed by atoms with Crippen LogP contribution in [0.5, 0.6) is 6.01 Å². The standard InChI is InChI=1S/C24H37N7O3/c1-23(2,3)24(8-9-25)16-30(12-13-31(24)22(32)33)20-18-7-10-26-14-19(18)27-21(28-20)34-15-17-6-5-11-29(17)4/h17,26H,5-8,10-16H2,1-4H3,(H,32,33)/t17-,24+/m0/s1. The van der Waals surface area contributed by atoms with Crippen molar-refractivity contribution in [3.63, 3.8) is 0 Å². The normalized spacial score (nSPS) is 25.7. The first-order chi connectivity index (χ1) is 16.2. The highest BCUT2D eigenvalue weighted by Crippen LogP contribution is 2.43. The Balaban J connectivity index is 1.68. The maximum absolute atomic E-state index is 12.2. The van der Waals surface area contributed by atoms with Crippen LogP contribution in [-0.4, -0.2) is 88.9 Å². The number of carbonyl (C=O) groups is 1. The zero-order chi connectivity index (χ0) is 24.5. The summed E-state index contributed by atoms with van der Waals surface area (Å²) < 4.78 is 6.11. The van der Waals surface area contributed by atoms with Crippen molar-refractivity contribution in [2.24, 2.45) is 5.41 Å². The van der Waals surface area contributed by atoms with E-state index in [1.54, 1.807) is 0 Å². The fourth-order valence-corrected chi connectivity index (χ4v) is 5.57. The lowest BCUT2D eigenvalue weighted by atomic mass is 9.69. The molecule has 2 saturated heterocycles. The van der Waals surface area contributed by atoms with Crippen LogP contribution < -0.4 is 15.0 Å². The summed E-state index contributed by atoms with van der Waals surface area (Å²) in [5.41, 5.74) is 0.728. The smallest absolute Gasteiger partial charge is 0.407 e. The van der Waals surface area contributed by atoms with Gasteiger partial charge in [-0.2, -0.15) is 15.2 Å². The van der Waals surface area contributed by atoms with Crippen LogP contribution in [-0.2, 0) is 13.0 Å². The molecule has 1 aromatic rings. The Hall–Kier alpha value is -2.64. The molecule has 10 heteroatoms. The molecule has 10 nitrogen and oxygen atoms in total. The van der Waals surface area contributed by atoms with Gasteiger partial charge in [0.1, 0.15) is 12.4 Å². The molecule has 0 aromatic carbocycles. The fraction of sp³-hybridized carbons (Fsp3) is 0.750. The SMILES string of the molecule is CN1CCC[C@H]1COc1nc2c(c(N3CCN(C(=O)O)[C@@](CC#N)(C(C)(C)C)C3)n1)CCNC2. The van der Waals surface area contributed by atoms with Crippen LogP contribution in [0.2, 0.25) is 0 Å². The van der Waals surface area contributed by atoms with Gasteiger partial charge in [0.05, 0.1) is 23.7 Å². The number of nitrogens with zero attached hydrogens (tertiary/aromatic N) is 6. The van der Waals surface area contributed by atoms with Crippen molar-refractivity contribution < 1.29 is 14.6 Å². The van der Waals surface area contributed by atoms with Crippen molar-refractivity contribution in [3.8, 4) is 12.1 Å². The van der Waals surface area contributed by atoms with Crippen LogP contribution in [0.1, 0.15) is 51.3 Å². The Bertz CT molecular complexity index is 957. The number of carboxylic acid groups (broad SMARTS) is 1. The number of ether oxygens (including phenoxy) is 1. The maximum atomic E-state index is 12.2. The van der Waals surface area contributed by atoms with Gasteiger partial charge in [-0.05, 0) is 44.8 Å². The van der Waals surface area contributed by atoms with E-state index in [1.807, 2.05) is 20.8 Å². The molecule has 2 fully saturated rings. The third kappa shape index (κ3) is 4.51. The second-order valence-electron chi connectivity index (χ2n) is 10.7. The highest BCUT2D eigenvalue weighted by molar-refractivity contribution is 5.68. The summed E-state index contributed by atoms with van der Waals surface area (Å²) in [6, 6.07) is 3.01. The summed E-state index contributed by atoms with van der Waals surface area (Å²) in [7, 11) is 2.12. The van der Waals surface area contributed by atoms with Gasteiger partial charge in [-0.15, -0.1) is 0 Å². The molecule has 0 spiro atoms. The van der Waals surface area contributed by atoms with Gasteiger partial charge in [0.25, 0.3) is 0 Å². The molecule has 34 heavy (non-hydrogen) atoms. The lowest BCUT2D eigenvalue weighted by Gasteiger charge is -2.55. The Morgan fingerprint density at radius 2 is 2.12 bits per heavy atom. The van der Waals surface area contributed by atoms with E-state index in [9.17, 15) is 15.2 Å². The van der Waals surface area contributed by atoms with E-state index in [0.29, 0.717) is 44.8 Å². The van der Waals surface area contributed by atoms with Crippen molar-refractivity contribution in [1.82, 2.24) is 25.1 Å². The predicted octanol–water partition coefficient (Wildman–Crippen LogP) is 2.09. The van der Waals surface area contributed by atoms with Crippen LogP contribution >= 0.6 is 0 Å². The number of rotatable bonds is 5. The molecule has 0 saturated carbocycles. The van der Waals surface area contributed by atoms with Crippen molar-refractivity contribution in [3.05, 3.63) is 11.3 Å². The minimum absolute atomic E-state index is 0.117. The summed E-state index contributed by atoms with van der Waals surface area (Å²) in [6.45, 7) is 10.4. The Labute approximate surface area is 201 Å². The van der Waals surface area contributed by atoms with E-state index in [4.69, 9.17) is 14.7 Å². The summed E-state index contributed by atoms with van der Waals surface area (Å²) in [6.07, 6.45) is 2.21. The average molecular weight is 472 g/mol. The number of fused-ring (bicyclic) bond motifs is 1. The monoisotopic (exact) mass is 471 g/mol. The Kier molecular flexibility index (Phi) is 6.87. The molecule has 3 aliphatic rings. The number of hydrogen-bond donors (Lipinski definition) is 2. The highest BCUT2D eigenvalue weighted by Gasteiger charge is 2.52. The van der Waals surface area contributed by atoms with Gasteiger partial charge in [-0.25, -0.2) is 4.79 Å². The van der Waals surface area contributed by atoms with Gasteiger partial charge in [0.15, 0.2) is 0 Å². The lowest BCUT2D eigenvalue weighted by molar-refractivity contribution is -0.00290. The number of amides is 1.